The molecule has 0 aliphatic heterocycles. The van der Waals surface area contributed by atoms with Crippen molar-refractivity contribution in [3.63, 3.8) is 0 Å². The van der Waals surface area contributed by atoms with E-state index in [2.05, 4.69) is 0 Å². The van der Waals surface area contributed by atoms with Gasteiger partial charge in [-0.15, -0.1) is 0 Å². The van der Waals surface area contributed by atoms with Crippen LogP contribution in [-0.2, 0) is 19.5 Å². The van der Waals surface area contributed by atoms with Crippen LogP contribution >= 0.6 is 10.3 Å². The van der Waals surface area contributed by atoms with Crippen LogP contribution in [0.4, 0.5) is 0 Å². The van der Waals surface area contributed by atoms with Crippen molar-refractivity contribution in [2.45, 2.75) is 46.8 Å². The Hall–Kier alpha value is -3.06. The average molecular weight is 507 g/mol. The van der Waals surface area contributed by atoms with Crippen LogP contribution < -0.4 is 4.74 Å². The minimum atomic E-state index is -3.97. The summed E-state index contributed by atoms with van der Waals surface area (Å²) in [6, 6.07) is 35.9. The number of benzene rings is 4. The van der Waals surface area contributed by atoms with E-state index < -0.39 is 20.4 Å². The fourth-order valence-corrected chi connectivity index (χ4v) is 9.16. The molecule has 0 saturated carbocycles. The van der Waals surface area contributed by atoms with E-state index in [1.165, 1.54) is 0 Å². The molecule has 0 radical (unpaired) electrons. The first-order valence-electron chi connectivity index (χ1n) is 11.4. The third-order valence-corrected chi connectivity index (χ3v) is 10.3. The molecule has 0 fully saturated rings. The molecule has 4 nitrogen and oxygen atoms in total. The van der Waals surface area contributed by atoms with Gasteiger partial charge in [-0.05, 0) is 85.2 Å². The predicted molar refractivity (Wildman–Crippen MR) is 142 cm³/mol. The summed E-state index contributed by atoms with van der Waals surface area (Å²) in [5.74, 6) is 0.496. The van der Waals surface area contributed by atoms with Gasteiger partial charge in [-0.3, -0.25) is 0 Å². The maximum absolute atomic E-state index is 13.6. The molecule has 0 aliphatic carbocycles. The average Bonchev–Trinajstić information content (AvgIpc) is 2.84. The van der Waals surface area contributed by atoms with E-state index in [0.29, 0.717) is 11.3 Å². The van der Waals surface area contributed by atoms with Gasteiger partial charge in [-0.25, -0.2) is 3.63 Å². The van der Waals surface area contributed by atoms with Gasteiger partial charge in [0.15, 0.2) is 0 Å². The molecule has 0 atom stereocenters. The van der Waals surface area contributed by atoms with Gasteiger partial charge >= 0.3 is 0 Å². The zero-order valence-corrected chi connectivity index (χ0v) is 21.8. The van der Waals surface area contributed by atoms with Crippen LogP contribution in [0, 0.1) is 0 Å². The van der Waals surface area contributed by atoms with E-state index in [1.54, 1.807) is 12.1 Å². The van der Waals surface area contributed by atoms with Crippen molar-refractivity contribution in [3.8, 4) is 5.75 Å². The normalized spacial score (nSPS) is 12.8. The highest BCUT2D eigenvalue weighted by Gasteiger charge is 2.37. The maximum atomic E-state index is 13.6. The summed E-state index contributed by atoms with van der Waals surface area (Å²) < 4.78 is 39.5. The molecule has 0 spiro atoms. The van der Waals surface area contributed by atoms with Crippen molar-refractivity contribution in [3.05, 3.63) is 121 Å². The molecule has 4 aromatic rings. The molecule has 4 aromatic carbocycles. The lowest BCUT2D eigenvalue weighted by atomic mass is 10.2. The van der Waals surface area contributed by atoms with Crippen LogP contribution in [0.25, 0.3) is 0 Å². The van der Waals surface area contributed by atoms with Gasteiger partial charge in [0, 0.05) is 14.7 Å². The fourth-order valence-electron chi connectivity index (χ4n) is 3.76. The van der Waals surface area contributed by atoms with Crippen LogP contribution in [-0.4, -0.2) is 14.0 Å². The summed E-state index contributed by atoms with van der Waals surface area (Å²) in [6.45, 7) is 5.97. The van der Waals surface area contributed by atoms with Crippen molar-refractivity contribution in [2.75, 3.05) is 0 Å². The maximum Gasteiger partial charge on any atom is 0.281 e. The van der Waals surface area contributed by atoms with Gasteiger partial charge < -0.3 is 4.74 Å². The molecule has 4 rings (SSSR count). The first-order valence-corrected chi connectivity index (χ1v) is 14.5. The third kappa shape index (κ3) is 6.14. The number of ether oxygens (including phenoxy) is 1. The Labute approximate surface area is 210 Å². The molecule has 6 heteroatoms. The second-order valence-electron chi connectivity index (χ2n) is 9.12. The Morgan fingerprint density at radius 1 is 0.600 bits per heavy atom. The highest BCUT2D eigenvalue weighted by molar-refractivity contribution is 8.33. The second kappa shape index (κ2) is 10.3. The molecule has 0 saturated heterocycles. The molecule has 0 N–H and O–H groups in total. The van der Waals surface area contributed by atoms with Gasteiger partial charge in [0.1, 0.15) is 17.1 Å². The van der Waals surface area contributed by atoms with Gasteiger partial charge in [0.05, 0.1) is 0 Å². The smallest absolute Gasteiger partial charge is 0.281 e. The molecule has 0 aromatic heterocycles. The Kier molecular flexibility index (Phi) is 7.36. The molecule has 0 heterocycles. The van der Waals surface area contributed by atoms with Crippen LogP contribution in [0.3, 0.4) is 0 Å². The predicted octanol–water partition coefficient (Wildman–Crippen LogP) is 7.61. The lowest BCUT2D eigenvalue weighted by molar-refractivity contribution is 0.131. The third-order valence-electron chi connectivity index (χ3n) is 5.12. The minimum Gasteiger partial charge on any atom is -0.488 e. The topological polar surface area (TPSA) is 52.6 Å². The number of rotatable bonds is 8. The van der Waals surface area contributed by atoms with E-state index in [-0.39, 0.29) is 11.4 Å². The standard InChI is InChI=1S/C29H30O4S2/c1-29(2,3)32-25-19-21-28(22-20-25)35(26-15-9-5-10-16-26,27-17-11-6-12-18-27)33-34(30,31)23-24-13-7-4-8-14-24/h4-22H,23H2,1-3H3. The zero-order valence-electron chi connectivity index (χ0n) is 20.1. The second-order valence-corrected chi connectivity index (χ2v) is 13.6. The van der Waals surface area contributed by atoms with Gasteiger partial charge in [-0.2, -0.15) is 8.42 Å². The molecular formula is C29H30O4S2. The summed E-state index contributed by atoms with van der Waals surface area (Å²) in [4.78, 5) is 2.37. The van der Waals surface area contributed by atoms with Crippen molar-refractivity contribution in [2.24, 2.45) is 0 Å². The lowest BCUT2D eigenvalue weighted by Crippen LogP contribution is -2.22. The Morgan fingerprint density at radius 2 is 1.03 bits per heavy atom. The Bertz CT molecular complexity index is 1290. The van der Waals surface area contributed by atoms with E-state index in [4.69, 9.17) is 8.37 Å². The van der Waals surface area contributed by atoms with Gasteiger partial charge in [-0.1, -0.05) is 66.7 Å². The summed E-state index contributed by atoms with van der Waals surface area (Å²) >= 11 is 0. The molecule has 0 aliphatic rings. The van der Waals surface area contributed by atoms with Gasteiger partial charge in [0.2, 0.25) is 0 Å². The molecule has 0 unspecified atom stereocenters. The first-order chi connectivity index (χ1) is 16.7. The molecule has 182 valence electrons. The first kappa shape index (κ1) is 25.0. The van der Waals surface area contributed by atoms with E-state index in [1.807, 2.05) is 124 Å². The molecule has 0 bridgehead atoms. The van der Waals surface area contributed by atoms with Crippen LogP contribution in [0.5, 0.6) is 5.75 Å². The molecular weight excluding hydrogens is 476 g/mol. The number of hydrogen-bond acceptors (Lipinski definition) is 4. The van der Waals surface area contributed by atoms with Gasteiger partial charge in [0.25, 0.3) is 10.1 Å². The summed E-state index contributed by atoms with van der Waals surface area (Å²) in [7, 11) is -6.58. The van der Waals surface area contributed by atoms with Crippen molar-refractivity contribution < 1.29 is 16.8 Å². The highest BCUT2D eigenvalue weighted by atomic mass is 32.3. The summed E-state index contributed by atoms with van der Waals surface area (Å²) in [5, 5.41) is 0. The minimum absolute atomic E-state index is 0.215. The van der Waals surface area contributed by atoms with Crippen LogP contribution in [0.15, 0.2) is 130 Å². The number of hydrogen-bond donors (Lipinski definition) is 0. The van der Waals surface area contributed by atoms with Crippen molar-refractivity contribution in [1.82, 2.24) is 0 Å². The fraction of sp³-hybridized carbons (Fsp3) is 0.172. The van der Waals surface area contributed by atoms with Crippen molar-refractivity contribution >= 4 is 20.4 Å². The largest absolute Gasteiger partial charge is 0.488 e. The van der Waals surface area contributed by atoms with Crippen LogP contribution in [0.2, 0.25) is 0 Å². The Morgan fingerprint density at radius 3 is 1.49 bits per heavy atom. The van der Waals surface area contributed by atoms with E-state index >= 15 is 0 Å². The van der Waals surface area contributed by atoms with E-state index in [9.17, 15) is 8.42 Å². The monoisotopic (exact) mass is 506 g/mol. The molecule has 35 heavy (non-hydrogen) atoms. The van der Waals surface area contributed by atoms with E-state index in [0.717, 1.165) is 14.7 Å². The van der Waals surface area contributed by atoms with Crippen LogP contribution in [0.1, 0.15) is 26.3 Å². The highest BCUT2D eigenvalue weighted by Crippen LogP contribution is 2.70. The Balaban J connectivity index is 1.88. The zero-order chi connectivity index (χ0) is 24.9. The summed E-state index contributed by atoms with van der Waals surface area (Å²) in [6.07, 6.45) is 0. The van der Waals surface area contributed by atoms with Crippen molar-refractivity contribution in [1.29, 1.82) is 0 Å². The summed E-state index contributed by atoms with van der Waals surface area (Å²) in [5.41, 5.74) is 0.329. The molecule has 0 amide bonds. The quantitative estimate of drug-likeness (QED) is 0.247. The lowest BCUT2D eigenvalue weighted by Gasteiger charge is -2.39. The SMILES string of the molecule is CC(C)(C)Oc1ccc(S(OS(=O)(=O)Cc2ccccc2)(c2ccccc2)c2ccccc2)cc1.